The summed E-state index contributed by atoms with van der Waals surface area (Å²) in [5.74, 6) is 0.707. The van der Waals surface area contributed by atoms with Crippen LogP contribution in [0.15, 0.2) is 18.2 Å². The predicted molar refractivity (Wildman–Crippen MR) is 76.4 cm³/mol. The molecule has 0 unspecified atom stereocenters. The van der Waals surface area contributed by atoms with Gasteiger partial charge in [-0.1, -0.05) is 6.92 Å². The van der Waals surface area contributed by atoms with E-state index in [1.165, 1.54) is 7.11 Å². The number of rotatable bonds is 6. The van der Waals surface area contributed by atoms with Gasteiger partial charge in [-0.3, -0.25) is 9.59 Å². The molecule has 1 fully saturated rings. The molecular formula is C15H19NO5. The maximum Gasteiger partial charge on any atom is 0.309 e. The van der Waals surface area contributed by atoms with Crippen LogP contribution in [0.1, 0.15) is 13.3 Å². The summed E-state index contributed by atoms with van der Waals surface area (Å²) in [5, 5.41) is 2.64. The summed E-state index contributed by atoms with van der Waals surface area (Å²) in [6, 6.07) is 5.03. The van der Waals surface area contributed by atoms with E-state index in [1.807, 2.05) is 6.92 Å². The summed E-state index contributed by atoms with van der Waals surface area (Å²) in [4.78, 5) is 23.3. The molecule has 114 valence electrons. The van der Waals surface area contributed by atoms with Crippen molar-refractivity contribution in [3.8, 4) is 11.5 Å². The SMILES string of the molecule is COc1ccc(NC(=O)COC(=O)[C@H]2C[C@H]2C)c(OC)c1. The van der Waals surface area contributed by atoms with E-state index in [-0.39, 0.29) is 18.5 Å². The molecule has 0 heterocycles. The van der Waals surface area contributed by atoms with Crippen LogP contribution >= 0.6 is 0 Å². The highest BCUT2D eigenvalue weighted by atomic mass is 16.5. The third kappa shape index (κ3) is 3.87. The Labute approximate surface area is 123 Å². The fourth-order valence-corrected chi connectivity index (χ4v) is 1.98. The van der Waals surface area contributed by atoms with Crippen LogP contribution in [-0.4, -0.2) is 32.7 Å². The van der Waals surface area contributed by atoms with Gasteiger partial charge < -0.3 is 19.5 Å². The number of ether oxygens (including phenoxy) is 3. The summed E-state index contributed by atoms with van der Waals surface area (Å²) in [6.07, 6.45) is 0.840. The van der Waals surface area contributed by atoms with Gasteiger partial charge in [-0.05, 0) is 24.5 Å². The molecule has 1 aliphatic rings. The summed E-state index contributed by atoms with van der Waals surface area (Å²) in [6.45, 7) is 1.69. The zero-order valence-electron chi connectivity index (χ0n) is 12.3. The van der Waals surface area contributed by atoms with E-state index in [1.54, 1.807) is 25.3 Å². The van der Waals surface area contributed by atoms with Crippen molar-refractivity contribution < 1.29 is 23.8 Å². The van der Waals surface area contributed by atoms with Crippen molar-refractivity contribution in [1.82, 2.24) is 0 Å². The Bertz CT molecular complexity index is 543. The van der Waals surface area contributed by atoms with Gasteiger partial charge in [-0.2, -0.15) is 0 Å². The van der Waals surface area contributed by atoms with Gasteiger partial charge in [0, 0.05) is 6.07 Å². The maximum atomic E-state index is 11.8. The molecule has 1 aliphatic carbocycles. The minimum absolute atomic E-state index is 0.0478. The highest BCUT2D eigenvalue weighted by Gasteiger charge is 2.40. The van der Waals surface area contributed by atoms with E-state index in [0.29, 0.717) is 23.1 Å². The molecule has 6 heteroatoms. The standard InChI is InChI=1S/C15H19NO5/c1-9-6-11(9)15(18)21-8-14(17)16-12-5-4-10(19-2)7-13(12)20-3/h4-5,7,9,11H,6,8H2,1-3H3,(H,16,17)/t9-,11+/m1/s1. The molecule has 1 aromatic carbocycles. The van der Waals surface area contributed by atoms with Crippen LogP contribution in [0, 0.1) is 11.8 Å². The normalized spacial score (nSPS) is 19.6. The van der Waals surface area contributed by atoms with Gasteiger partial charge >= 0.3 is 5.97 Å². The highest BCUT2D eigenvalue weighted by molar-refractivity contribution is 5.94. The molecule has 1 saturated carbocycles. The first-order valence-corrected chi connectivity index (χ1v) is 6.73. The molecule has 1 aromatic rings. The highest BCUT2D eigenvalue weighted by Crippen LogP contribution is 2.38. The molecule has 0 spiro atoms. The number of amides is 1. The number of methoxy groups -OCH3 is 2. The molecule has 6 nitrogen and oxygen atoms in total. The first kappa shape index (κ1) is 15.2. The second-order valence-corrected chi connectivity index (χ2v) is 5.04. The van der Waals surface area contributed by atoms with Crippen LogP contribution in [0.4, 0.5) is 5.69 Å². The molecule has 1 amide bonds. The van der Waals surface area contributed by atoms with Gasteiger partial charge in [0.1, 0.15) is 11.5 Å². The van der Waals surface area contributed by atoms with Crippen molar-refractivity contribution in [3.05, 3.63) is 18.2 Å². The van der Waals surface area contributed by atoms with Gasteiger partial charge in [0.2, 0.25) is 0 Å². The zero-order valence-corrected chi connectivity index (χ0v) is 12.3. The van der Waals surface area contributed by atoms with Crippen molar-refractivity contribution in [1.29, 1.82) is 0 Å². The third-order valence-corrected chi connectivity index (χ3v) is 3.44. The first-order valence-electron chi connectivity index (χ1n) is 6.73. The topological polar surface area (TPSA) is 73.9 Å². The Morgan fingerprint density at radius 1 is 1.29 bits per heavy atom. The van der Waals surface area contributed by atoms with Crippen LogP contribution in [0.3, 0.4) is 0 Å². The van der Waals surface area contributed by atoms with E-state index in [2.05, 4.69) is 5.32 Å². The van der Waals surface area contributed by atoms with Gasteiger partial charge in [0.05, 0.1) is 25.8 Å². The molecule has 1 N–H and O–H groups in total. The molecule has 0 aliphatic heterocycles. The molecule has 0 radical (unpaired) electrons. The van der Waals surface area contributed by atoms with Gasteiger partial charge in [0.25, 0.3) is 5.91 Å². The van der Waals surface area contributed by atoms with E-state index in [4.69, 9.17) is 14.2 Å². The van der Waals surface area contributed by atoms with E-state index >= 15 is 0 Å². The maximum absolute atomic E-state index is 11.8. The lowest BCUT2D eigenvalue weighted by Gasteiger charge is -2.11. The molecule has 2 rings (SSSR count). The lowest BCUT2D eigenvalue weighted by Crippen LogP contribution is -2.22. The Hall–Kier alpha value is -2.24. The summed E-state index contributed by atoms with van der Waals surface area (Å²) in [7, 11) is 3.05. The largest absolute Gasteiger partial charge is 0.497 e. The quantitative estimate of drug-likeness (QED) is 0.810. The summed E-state index contributed by atoms with van der Waals surface area (Å²) >= 11 is 0. The van der Waals surface area contributed by atoms with Gasteiger partial charge in [-0.25, -0.2) is 0 Å². The fourth-order valence-electron chi connectivity index (χ4n) is 1.98. The molecule has 2 atom stereocenters. The van der Waals surface area contributed by atoms with Gasteiger partial charge in [0.15, 0.2) is 6.61 Å². The monoisotopic (exact) mass is 293 g/mol. The van der Waals surface area contributed by atoms with E-state index in [9.17, 15) is 9.59 Å². The smallest absolute Gasteiger partial charge is 0.309 e. The van der Waals surface area contributed by atoms with E-state index in [0.717, 1.165) is 6.42 Å². The number of benzene rings is 1. The second-order valence-electron chi connectivity index (χ2n) is 5.04. The number of anilines is 1. The van der Waals surface area contributed by atoms with Crippen molar-refractivity contribution in [3.63, 3.8) is 0 Å². The van der Waals surface area contributed by atoms with Crippen LogP contribution in [0.25, 0.3) is 0 Å². The molecule has 0 aromatic heterocycles. The van der Waals surface area contributed by atoms with Crippen molar-refractivity contribution in [2.24, 2.45) is 11.8 Å². The van der Waals surface area contributed by atoms with Crippen LogP contribution < -0.4 is 14.8 Å². The summed E-state index contributed by atoms with van der Waals surface area (Å²) < 4.78 is 15.2. The van der Waals surface area contributed by atoms with Gasteiger partial charge in [-0.15, -0.1) is 0 Å². The van der Waals surface area contributed by atoms with Crippen LogP contribution in [0.5, 0.6) is 11.5 Å². The van der Waals surface area contributed by atoms with Crippen LogP contribution in [0.2, 0.25) is 0 Å². The van der Waals surface area contributed by atoms with Crippen molar-refractivity contribution >= 4 is 17.6 Å². The van der Waals surface area contributed by atoms with Crippen LogP contribution in [-0.2, 0) is 14.3 Å². The fraction of sp³-hybridized carbons (Fsp3) is 0.467. The predicted octanol–water partition coefficient (Wildman–Crippen LogP) is 1.84. The average molecular weight is 293 g/mol. The first-order chi connectivity index (χ1) is 10.0. The molecular weight excluding hydrogens is 274 g/mol. The Morgan fingerprint density at radius 2 is 2.00 bits per heavy atom. The number of carbonyl (C=O) groups is 2. The molecule has 0 saturated heterocycles. The number of hydrogen-bond donors (Lipinski definition) is 1. The van der Waals surface area contributed by atoms with Crippen molar-refractivity contribution in [2.45, 2.75) is 13.3 Å². The zero-order chi connectivity index (χ0) is 15.4. The minimum atomic E-state index is -0.403. The van der Waals surface area contributed by atoms with E-state index < -0.39 is 5.91 Å². The third-order valence-electron chi connectivity index (χ3n) is 3.44. The number of nitrogens with one attached hydrogen (secondary N) is 1. The average Bonchev–Trinajstić information content (AvgIpc) is 3.22. The lowest BCUT2D eigenvalue weighted by atomic mass is 10.2. The minimum Gasteiger partial charge on any atom is -0.497 e. The summed E-state index contributed by atoms with van der Waals surface area (Å²) in [5.41, 5.74) is 0.499. The Morgan fingerprint density at radius 3 is 2.57 bits per heavy atom. The lowest BCUT2D eigenvalue weighted by molar-refractivity contribution is -0.148. The number of esters is 1. The Kier molecular flexibility index (Phi) is 4.67. The number of carbonyl (C=O) groups excluding carboxylic acids is 2. The van der Waals surface area contributed by atoms with Crippen molar-refractivity contribution in [2.75, 3.05) is 26.1 Å². The molecule has 0 bridgehead atoms. The Balaban J connectivity index is 1.88. The second kappa shape index (κ2) is 6.47. The number of hydrogen-bond acceptors (Lipinski definition) is 5. The molecule has 21 heavy (non-hydrogen) atoms.